The summed E-state index contributed by atoms with van der Waals surface area (Å²) in [6, 6.07) is 14.7. The van der Waals surface area contributed by atoms with Crippen molar-refractivity contribution in [3.05, 3.63) is 59.2 Å². The molecule has 2 amide bonds. The van der Waals surface area contributed by atoms with Crippen molar-refractivity contribution in [1.82, 2.24) is 4.90 Å². The molecule has 1 unspecified atom stereocenters. The van der Waals surface area contributed by atoms with Gasteiger partial charge in [-0.15, -0.1) is 0 Å². The molecule has 3 aliphatic heterocycles. The first-order valence-corrected chi connectivity index (χ1v) is 13.8. The maximum Gasteiger partial charge on any atom is 0.255 e. The van der Waals surface area contributed by atoms with Gasteiger partial charge in [0.15, 0.2) is 5.79 Å². The number of primary amides is 1. The van der Waals surface area contributed by atoms with Crippen LogP contribution < -0.4 is 15.5 Å². The molecule has 1 radical (unpaired) electrons. The third kappa shape index (κ3) is 4.43. The molecule has 4 atom stereocenters. The van der Waals surface area contributed by atoms with Crippen molar-refractivity contribution in [2.24, 2.45) is 5.73 Å². The molecule has 2 saturated heterocycles. The number of rotatable bonds is 4. The van der Waals surface area contributed by atoms with Crippen LogP contribution in [0, 0.1) is 13.0 Å². The summed E-state index contributed by atoms with van der Waals surface area (Å²) in [6.07, 6.45) is 2.61. The van der Waals surface area contributed by atoms with E-state index in [-0.39, 0.29) is 24.2 Å². The van der Waals surface area contributed by atoms with E-state index in [9.17, 15) is 9.59 Å². The van der Waals surface area contributed by atoms with Crippen molar-refractivity contribution in [3.8, 4) is 0 Å². The zero-order valence-electron chi connectivity index (χ0n) is 22.5. The van der Waals surface area contributed by atoms with Gasteiger partial charge >= 0.3 is 0 Å². The Kier molecular flexibility index (Phi) is 6.35. The van der Waals surface area contributed by atoms with Gasteiger partial charge in [0, 0.05) is 55.6 Å². The maximum absolute atomic E-state index is 13.9. The second-order valence-electron chi connectivity index (χ2n) is 11.5. The number of hydrogen-bond donors (Lipinski definition) is 1. The van der Waals surface area contributed by atoms with Gasteiger partial charge in [-0.2, -0.15) is 0 Å². The topological polar surface area (TPSA) is 88.3 Å². The van der Waals surface area contributed by atoms with E-state index in [0.29, 0.717) is 12.0 Å². The summed E-state index contributed by atoms with van der Waals surface area (Å²) in [5.74, 6) is -1.35. The number of hydrogen-bond acceptors (Lipinski definition) is 6. The quantitative estimate of drug-likeness (QED) is 0.671. The fourth-order valence-electron chi connectivity index (χ4n) is 6.79. The summed E-state index contributed by atoms with van der Waals surface area (Å²) in [7, 11) is 0. The molecule has 2 aromatic rings. The first kappa shape index (κ1) is 25.2. The molecule has 6 rings (SSSR count). The van der Waals surface area contributed by atoms with Crippen LogP contribution in [0.3, 0.4) is 0 Å². The summed E-state index contributed by atoms with van der Waals surface area (Å²) in [5.41, 5.74) is 10.9. The van der Waals surface area contributed by atoms with Crippen LogP contribution in [0.2, 0.25) is 0 Å². The van der Waals surface area contributed by atoms with Gasteiger partial charge < -0.3 is 29.9 Å². The largest absolute Gasteiger partial charge is 0.368 e. The second kappa shape index (κ2) is 9.58. The highest BCUT2D eigenvalue weighted by Crippen LogP contribution is 2.41. The monoisotopic (exact) mass is 517 g/mol. The lowest BCUT2D eigenvalue weighted by Crippen LogP contribution is -2.61. The van der Waals surface area contributed by atoms with Gasteiger partial charge in [0.1, 0.15) is 12.1 Å². The van der Waals surface area contributed by atoms with Crippen molar-refractivity contribution >= 4 is 23.2 Å². The Morgan fingerprint density at radius 1 is 1.08 bits per heavy atom. The predicted octanol–water partition coefficient (Wildman–Crippen LogP) is 3.05. The third-order valence-corrected chi connectivity index (χ3v) is 8.59. The number of nitrogens with zero attached hydrogens (tertiary/aromatic N) is 3. The molecule has 0 bridgehead atoms. The number of ether oxygens (including phenoxy) is 2. The summed E-state index contributed by atoms with van der Waals surface area (Å²) in [4.78, 5) is 33.0. The third-order valence-electron chi connectivity index (χ3n) is 8.59. The van der Waals surface area contributed by atoms with Crippen molar-refractivity contribution in [3.63, 3.8) is 0 Å². The van der Waals surface area contributed by atoms with Crippen molar-refractivity contribution in [2.75, 3.05) is 36.0 Å². The van der Waals surface area contributed by atoms with E-state index in [1.54, 1.807) is 11.0 Å². The Labute approximate surface area is 224 Å². The van der Waals surface area contributed by atoms with Crippen LogP contribution >= 0.6 is 0 Å². The molecule has 4 aliphatic rings. The first-order valence-electron chi connectivity index (χ1n) is 13.8. The van der Waals surface area contributed by atoms with E-state index in [2.05, 4.69) is 47.1 Å². The number of carbonyl (C=O) groups is 2. The van der Waals surface area contributed by atoms with Gasteiger partial charge in [-0.25, -0.2) is 0 Å². The summed E-state index contributed by atoms with van der Waals surface area (Å²) in [6.45, 7) is 9.50. The molecule has 2 aromatic carbocycles. The lowest BCUT2D eigenvalue weighted by atomic mass is 9.84. The number of benzene rings is 2. The maximum atomic E-state index is 13.9. The number of nitrogens with two attached hydrogens (primary N) is 1. The van der Waals surface area contributed by atoms with Crippen LogP contribution in [0.25, 0.3) is 0 Å². The average molecular weight is 518 g/mol. The molecule has 8 heteroatoms. The van der Waals surface area contributed by atoms with Gasteiger partial charge in [0.05, 0.1) is 12.1 Å². The molecule has 1 saturated carbocycles. The van der Waals surface area contributed by atoms with Crippen LogP contribution in [0.1, 0.15) is 54.6 Å². The van der Waals surface area contributed by atoms with Gasteiger partial charge in [-0.1, -0.05) is 18.2 Å². The van der Waals surface area contributed by atoms with E-state index in [1.807, 2.05) is 19.9 Å². The van der Waals surface area contributed by atoms with Crippen LogP contribution in [0.5, 0.6) is 0 Å². The average Bonchev–Trinajstić information content (AvgIpc) is 3.23. The number of fused-ring (bicyclic) bond motifs is 2. The normalized spacial score (nSPS) is 28.7. The molecule has 201 valence electrons. The molecule has 8 nitrogen and oxygen atoms in total. The minimum atomic E-state index is -0.709. The minimum Gasteiger partial charge on any atom is -0.368 e. The van der Waals surface area contributed by atoms with Crippen LogP contribution in [-0.4, -0.2) is 73.0 Å². The van der Waals surface area contributed by atoms with Gasteiger partial charge in [0.25, 0.3) is 5.91 Å². The highest BCUT2D eigenvalue weighted by Gasteiger charge is 2.52. The SMILES string of the molecule is Cc1ccccc1N1CCN(c2[c]cc3c(c2)CC(C(N)=O)N([C@H]2CCC[C@@H]4OC(C)(C)O[C@@H]42)C3=O)CC1. The second-order valence-corrected chi connectivity index (χ2v) is 11.5. The molecular formula is C30H37N4O4. The number of carbonyl (C=O) groups excluding carboxylic acids is 2. The Hall–Kier alpha value is -3.10. The van der Waals surface area contributed by atoms with E-state index >= 15 is 0 Å². The summed E-state index contributed by atoms with van der Waals surface area (Å²) < 4.78 is 12.4. The number of aryl methyl sites for hydroxylation is 1. The van der Waals surface area contributed by atoms with E-state index in [0.717, 1.165) is 56.7 Å². The van der Waals surface area contributed by atoms with E-state index in [1.165, 1.54) is 11.3 Å². The van der Waals surface area contributed by atoms with Crippen molar-refractivity contribution in [2.45, 2.75) is 76.5 Å². The number of amides is 2. The van der Waals surface area contributed by atoms with Gasteiger partial charge in [0.2, 0.25) is 5.91 Å². The number of anilines is 2. The number of para-hydroxylation sites is 1. The van der Waals surface area contributed by atoms with Gasteiger partial charge in [-0.05, 0) is 69.4 Å². The smallest absolute Gasteiger partial charge is 0.255 e. The van der Waals surface area contributed by atoms with Crippen molar-refractivity contribution < 1.29 is 19.1 Å². The lowest BCUT2D eigenvalue weighted by Gasteiger charge is -2.45. The van der Waals surface area contributed by atoms with E-state index < -0.39 is 17.7 Å². The number of piperazine rings is 1. The fraction of sp³-hybridized carbons (Fsp3) is 0.533. The van der Waals surface area contributed by atoms with Crippen LogP contribution in [0.4, 0.5) is 11.4 Å². The Morgan fingerprint density at radius 2 is 1.82 bits per heavy atom. The standard InChI is InChI=1S/C30H37N4O4/c1-19-7-4-5-8-23(19)33-15-13-32(14-16-33)21-11-12-22-20(17-21)18-25(28(31)35)34(29(22)36)24-9-6-10-26-27(24)38-30(2,3)37-26/h4-5,7-8,12,17,24-27H,6,9-10,13-16,18H2,1-3H3,(H2,31,35)/t24-,25?,26-,27+/m0/s1. The minimum absolute atomic E-state index is 0.0845. The van der Waals surface area contributed by atoms with Gasteiger partial charge in [-0.3, -0.25) is 9.59 Å². The molecule has 0 spiro atoms. The zero-order chi connectivity index (χ0) is 26.6. The lowest BCUT2D eigenvalue weighted by molar-refractivity contribution is -0.150. The fourth-order valence-corrected chi connectivity index (χ4v) is 6.79. The molecule has 2 N–H and O–H groups in total. The Morgan fingerprint density at radius 3 is 2.55 bits per heavy atom. The molecule has 0 aromatic heterocycles. The first-order chi connectivity index (χ1) is 18.2. The summed E-state index contributed by atoms with van der Waals surface area (Å²) >= 11 is 0. The van der Waals surface area contributed by atoms with Crippen LogP contribution in [0.15, 0.2) is 36.4 Å². The highest BCUT2D eigenvalue weighted by molar-refractivity contribution is 6.01. The Balaban J connectivity index is 1.22. The molecular weight excluding hydrogens is 480 g/mol. The predicted molar refractivity (Wildman–Crippen MR) is 145 cm³/mol. The van der Waals surface area contributed by atoms with Crippen LogP contribution in [-0.2, 0) is 20.7 Å². The highest BCUT2D eigenvalue weighted by atomic mass is 16.8. The Bertz CT molecular complexity index is 1240. The molecule has 3 fully saturated rings. The summed E-state index contributed by atoms with van der Waals surface area (Å²) in [5, 5.41) is 0. The van der Waals surface area contributed by atoms with E-state index in [4.69, 9.17) is 15.2 Å². The molecule has 38 heavy (non-hydrogen) atoms. The molecule has 1 aliphatic carbocycles. The molecule has 3 heterocycles. The zero-order valence-corrected chi connectivity index (χ0v) is 22.5. The van der Waals surface area contributed by atoms with Crippen molar-refractivity contribution in [1.29, 1.82) is 0 Å².